The average molecular weight is 348 g/mol. The summed E-state index contributed by atoms with van der Waals surface area (Å²) in [5.41, 5.74) is 2.43. The van der Waals surface area contributed by atoms with E-state index in [-0.39, 0.29) is 12.6 Å². The highest BCUT2D eigenvalue weighted by atomic mass is 35.5. The van der Waals surface area contributed by atoms with Crippen LogP contribution in [0.15, 0.2) is 35.5 Å². The molecule has 1 aliphatic heterocycles. The van der Waals surface area contributed by atoms with Gasteiger partial charge in [-0.2, -0.15) is 0 Å². The molecule has 1 aromatic carbocycles. The Morgan fingerprint density at radius 2 is 2.08 bits per heavy atom. The second kappa shape index (κ2) is 6.20. The Kier molecular flexibility index (Phi) is 4.24. The summed E-state index contributed by atoms with van der Waals surface area (Å²) in [5, 5.41) is 6.77. The summed E-state index contributed by atoms with van der Waals surface area (Å²) in [6.45, 7) is 3.67. The van der Waals surface area contributed by atoms with Crippen molar-refractivity contribution in [1.29, 1.82) is 0 Å². The molecule has 24 heavy (non-hydrogen) atoms. The molecule has 0 saturated carbocycles. The molecule has 1 aromatic heterocycles. The van der Waals surface area contributed by atoms with Gasteiger partial charge in [-0.1, -0.05) is 29.8 Å². The fourth-order valence-corrected chi connectivity index (χ4v) is 3.36. The third-order valence-electron chi connectivity index (χ3n) is 4.13. The van der Waals surface area contributed by atoms with Gasteiger partial charge in [0.05, 0.1) is 18.2 Å². The number of benzene rings is 1. The Balaban J connectivity index is 2.23. The van der Waals surface area contributed by atoms with Crippen LogP contribution in [0.25, 0.3) is 10.9 Å². The van der Waals surface area contributed by atoms with Crippen molar-refractivity contribution in [2.75, 3.05) is 6.61 Å². The lowest BCUT2D eigenvalue weighted by Crippen LogP contribution is -2.45. The van der Waals surface area contributed by atoms with Gasteiger partial charge in [0.1, 0.15) is 5.15 Å². The Morgan fingerprint density at radius 3 is 2.79 bits per heavy atom. The normalized spacial score (nSPS) is 17.7. The van der Waals surface area contributed by atoms with Crippen LogP contribution in [-0.2, 0) is 16.6 Å². The fourth-order valence-electron chi connectivity index (χ4n) is 3.06. The van der Waals surface area contributed by atoms with Gasteiger partial charge in [0.25, 0.3) is 0 Å². The van der Waals surface area contributed by atoms with Crippen LogP contribution in [0.3, 0.4) is 0 Å². The molecule has 126 valence electrons. The van der Waals surface area contributed by atoms with Gasteiger partial charge in [-0.25, -0.2) is 9.59 Å². The SMILES string of the molecule is CCOC(=O)C1=C(C)NC(=O)NC1c1c(Cl)n(C)c2ccccc12. The number of allylic oxidation sites excluding steroid dienone is 1. The van der Waals surface area contributed by atoms with Crippen molar-refractivity contribution in [3.63, 3.8) is 0 Å². The molecule has 2 aromatic rings. The predicted octanol–water partition coefficient (Wildman–Crippen LogP) is 3.02. The lowest BCUT2D eigenvalue weighted by atomic mass is 9.95. The maximum Gasteiger partial charge on any atom is 0.338 e. The number of nitrogens with zero attached hydrogens (tertiary/aromatic N) is 1. The van der Waals surface area contributed by atoms with E-state index in [9.17, 15) is 9.59 Å². The standard InChI is InChI=1S/C17H18ClN3O3/c1-4-24-16(22)12-9(2)19-17(23)20-14(12)13-10-7-5-6-8-11(10)21(3)15(13)18/h5-8,14H,4H2,1-3H3,(H2,19,20,23). The van der Waals surface area contributed by atoms with Crippen molar-refractivity contribution in [2.45, 2.75) is 19.9 Å². The predicted molar refractivity (Wildman–Crippen MR) is 91.7 cm³/mol. The van der Waals surface area contributed by atoms with E-state index in [2.05, 4.69) is 10.6 Å². The van der Waals surface area contributed by atoms with Gasteiger partial charge in [0, 0.05) is 29.2 Å². The lowest BCUT2D eigenvalue weighted by molar-refractivity contribution is -0.139. The molecule has 7 heteroatoms. The molecule has 0 saturated heterocycles. The number of esters is 1. The molecule has 2 N–H and O–H groups in total. The Morgan fingerprint density at radius 1 is 1.38 bits per heavy atom. The van der Waals surface area contributed by atoms with E-state index in [1.807, 2.05) is 35.9 Å². The van der Waals surface area contributed by atoms with Crippen LogP contribution in [0.4, 0.5) is 4.79 Å². The second-order valence-corrected chi connectivity index (χ2v) is 5.93. The van der Waals surface area contributed by atoms with Crippen molar-refractivity contribution in [3.8, 4) is 0 Å². The van der Waals surface area contributed by atoms with Crippen molar-refractivity contribution < 1.29 is 14.3 Å². The molecule has 3 rings (SSSR count). The van der Waals surface area contributed by atoms with Gasteiger partial charge in [-0.05, 0) is 19.9 Å². The highest BCUT2D eigenvalue weighted by Crippen LogP contribution is 2.38. The molecule has 0 fully saturated rings. The summed E-state index contributed by atoms with van der Waals surface area (Å²) >= 11 is 6.53. The summed E-state index contributed by atoms with van der Waals surface area (Å²) in [6, 6.07) is 6.62. The number of para-hydroxylation sites is 1. The van der Waals surface area contributed by atoms with Crippen LogP contribution >= 0.6 is 11.6 Å². The van der Waals surface area contributed by atoms with Crippen molar-refractivity contribution in [1.82, 2.24) is 15.2 Å². The molecule has 1 atom stereocenters. The molecule has 1 aliphatic rings. The Hall–Kier alpha value is -2.47. The highest BCUT2D eigenvalue weighted by molar-refractivity contribution is 6.32. The zero-order valence-corrected chi connectivity index (χ0v) is 14.4. The number of ether oxygens (including phenoxy) is 1. The maximum absolute atomic E-state index is 12.4. The van der Waals surface area contributed by atoms with E-state index < -0.39 is 12.0 Å². The number of aryl methyl sites for hydroxylation is 1. The van der Waals surface area contributed by atoms with E-state index in [0.717, 1.165) is 10.9 Å². The average Bonchev–Trinajstić information content (AvgIpc) is 2.78. The van der Waals surface area contributed by atoms with Crippen molar-refractivity contribution in [3.05, 3.63) is 46.3 Å². The first-order valence-electron chi connectivity index (χ1n) is 7.63. The van der Waals surface area contributed by atoms with Gasteiger partial charge >= 0.3 is 12.0 Å². The van der Waals surface area contributed by atoms with Crippen LogP contribution in [0, 0.1) is 0 Å². The number of urea groups is 1. The van der Waals surface area contributed by atoms with Gasteiger partial charge in [0.2, 0.25) is 0 Å². The number of hydrogen-bond donors (Lipinski definition) is 2. The van der Waals surface area contributed by atoms with E-state index in [1.54, 1.807) is 13.8 Å². The minimum Gasteiger partial charge on any atom is -0.463 e. The van der Waals surface area contributed by atoms with Crippen LogP contribution in [0.5, 0.6) is 0 Å². The summed E-state index contributed by atoms with van der Waals surface area (Å²) in [6.07, 6.45) is 0. The fraction of sp³-hybridized carbons (Fsp3) is 0.294. The first-order chi connectivity index (χ1) is 11.5. The summed E-state index contributed by atoms with van der Waals surface area (Å²) < 4.78 is 6.99. The highest BCUT2D eigenvalue weighted by Gasteiger charge is 2.35. The molecule has 2 amide bonds. The molecule has 2 heterocycles. The van der Waals surface area contributed by atoms with Crippen LogP contribution < -0.4 is 10.6 Å². The number of amides is 2. The maximum atomic E-state index is 12.4. The van der Waals surface area contributed by atoms with E-state index in [1.165, 1.54) is 0 Å². The molecule has 0 aliphatic carbocycles. The van der Waals surface area contributed by atoms with E-state index >= 15 is 0 Å². The van der Waals surface area contributed by atoms with Gasteiger partial charge in [-0.3, -0.25) is 0 Å². The van der Waals surface area contributed by atoms with Gasteiger partial charge < -0.3 is 19.9 Å². The number of carbonyl (C=O) groups excluding carboxylic acids is 2. The van der Waals surface area contributed by atoms with Crippen molar-refractivity contribution >= 4 is 34.5 Å². The van der Waals surface area contributed by atoms with Crippen LogP contribution in [0.2, 0.25) is 5.15 Å². The first-order valence-corrected chi connectivity index (χ1v) is 8.01. The minimum absolute atomic E-state index is 0.250. The number of aromatic nitrogens is 1. The van der Waals surface area contributed by atoms with Gasteiger partial charge in [-0.15, -0.1) is 0 Å². The van der Waals surface area contributed by atoms with E-state index in [0.29, 0.717) is 22.0 Å². The summed E-state index contributed by atoms with van der Waals surface area (Å²) in [7, 11) is 1.84. The Bertz CT molecular complexity index is 869. The molecule has 0 bridgehead atoms. The smallest absolute Gasteiger partial charge is 0.338 e. The first kappa shape index (κ1) is 16.4. The molecule has 0 radical (unpaired) electrons. The topological polar surface area (TPSA) is 72.4 Å². The molecular weight excluding hydrogens is 330 g/mol. The number of nitrogens with one attached hydrogen (secondary N) is 2. The largest absolute Gasteiger partial charge is 0.463 e. The summed E-state index contributed by atoms with van der Waals surface area (Å²) in [4.78, 5) is 24.4. The summed E-state index contributed by atoms with van der Waals surface area (Å²) in [5.74, 6) is -0.475. The van der Waals surface area contributed by atoms with Crippen LogP contribution in [0.1, 0.15) is 25.5 Å². The minimum atomic E-state index is -0.670. The number of rotatable bonds is 3. The Labute approximate surface area is 144 Å². The van der Waals surface area contributed by atoms with E-state index in [4.69, 9.17) is 16.3 Å². The molecule has 1 unspecified atom stereocenters. The third-order valence-corrected chi connectivity index (χ3v) is 4.58. The molecule has 0 spiro atoms. The lowest BCUT2D eigenvalue weighted by Gasteiger charge is -2.28. The third kappa shape index (κ3) is 2.53. The monoisotopic (exact) mass is 347 g/mol. The number of carbonyl (C=O) groups is 2. The van der Waals surface area contributed by atoms with Crippen LogP contribution in [-0.4, -0.2) is 23.2 Å². The molecule has 6 nitrogen and oxygen atoms in total. The van der Waals surface area contributed by atoms with Gasteiger partial charge in [0.15, 0.2) is 0 Å². The number of fused-ring (bicyclic) bond motifs is 1. The zero-order valence-electron chi connectivity index (χ0n) is 13.6. The molecular formula is C17H18ClN3O3. The number of halogens is 1. The number of hydrogen-bond acceptors (Lipinski definition) is 3. The zero-order chi connectivity index (χ0) is 17.4. The quantitative estimate of drug-likeness (QED) is 0.838. The second-order valence-electron chi connectivity index (χ2n) is 5.57. The van der Waals surface area contributed by atoms with Crippen molar-refractivity contribution in [2.24, 2.45) is 7.05 Å².